The Balaban J connectivity index is 1.60. The van der Waals surface area contributed by atoms with Gasteiger partial charge < -0.3 is 5.32 Å². The molecule has 1 amide bonds. The topological polar surface area (TPSA) is 72.7 Å². The fourth-order valence-electron chi connectivity index (χ4n) is 3.14. The van der Waals surface area contributed by atoms with Gasteiger partial charge in [0.25, 0.3) is 0 Å². The zero-order valence-electron chi connectivity index (χ0n) is 17.7. The largest absolute Gasteiger partial charge is 0.325 e. The predicted octanol–water partition coefficient (Wildman–Crippen LogP) is 5.66. The highest BCUT2D eigenvalue weighted by molar-refractivity contribution is 8.00. The second-order valence-electron chi connectivity index (χ2n) is 7.15. The summed E-state index contributed by atoms with van der Waals surface area (Å²) in [6.07, 6.45) is 4.38. The Bertz CT molecular complexity index is 1190. The van der Waals surface area contributed by atoms with Gasteiger partial charge in [0.05, 0.1) is 5.25 Å². The molecule has 0 bridgehead atoms. The standard InChI is InChI=1S/C24H22ClN5OS/c1-3-17-4-8-20(9-5-17)27-23(31)16(2)32-24-29-28-22(18-12-14-26-15-13-18)30(24)21-10-6-19(25)7-11-21/h4-16H,3H2,1-2H3,(H,27,31). The number of pyridine rings is 1. The van der Waals surface area contributed by atoms with Crippen LogP contribution in [0.5, 0.6) is 0 Å². The van der Waals surface area contributed by atoms with Gasteiger partial charge in [-0.25, -0.2) is 0 Å². The summed E-state index contributed by atoms with van der Waals surface area (Å²) in [5.41, 5.74) is 3.74. The monoisotopic (exact) mass is 463 g/mol. The molecule has 32 heavy (non-hydrogen) atoms. The lowest BCUT2D eigenvalue weighted by atomic mass is 10.1. The molecular formula is C24H22ClN5OS. The number of anilines is 1. The molecular weight excluding hydrogens is 442 g/mol. The molecule has 0 spiro atoms. The average molecular weight is 464 g/mol. The summed E-state index contributed by atoms with van der Waals surface area (Å²) < 4.78 is 1.93. The van der Waals surface area contributed by atoms with Gasteiger partial charge in [-0.2, -0.15) is 0 Å². The van der Waals surface area contributed by atoms with Crippen molar-refractivity contribution in [3.05, 3.63) is 83.6 Å². The molecule has 2 aromatic heterocycles. The molecule has 0 saturated heterocycles. The smallest absolute Gasteiger partial charge is 0.237 e. The van der Waals surface area contributed by atoms with E-state index in [-0.39, 0.29) is 11.2 Å². The van der Waals surface area contributed by atoms with E-state index in [1.807, 2.05) is 72.2 Å². The number of amides is 1. The zero-order valence-corrected chi connectivity index (χ0v) is 19.3. The lowest BCUT2D eigenvalue weighted by Crippen LogP contribution is -2.22. The fourth-order valence-corrected chi connectivity index (χ4v) is 4.13. The van der Waals surface area contributed by atoms with E-state index in [1.165, 1.54) is 17.3 Å². The summed E-state index contributed by atoms with van der Waals surface area (Å²) in [5, 5.41) is 12.6. The highest BCUT2D eigenvalue weighted by Gasteiger charge is 2.22. The third kappa shape index (κ3) is 5.00. The fraction of sp³-hybridized carbons (Fsp3) is 0.167. The van der Waals surface area contributed by atoms with E-state index in [2.05, 4.69) is 27.4 Å². The average Bonchev–Trinajstić information content (AvgIpc) is 3.24. The van der Waals surface area contributed by atoms with Crippen molar-refractivity contribution in [1.29, 1.82) is 0 Å². The maximum atomic E-state index is 12.8. The van der Waals surface area contributed by atoms with Crippen molar-refractivity contribution in [1.82, 2.24) is 19.7 Å². The van der Waals surface area contributed by atoms with Gasteiger partial charge in [0.2, 0.25) is 5.91 Å². The molecule has 6 nitrogen and oxygen atoms in total. The SMILES string of the molecule is CCc1ccc(NC(=O)C(C)Sc2nnc(-c3ccncc3)n2-c2ccc(Cl)cc2)cc1. The van der Waals surface area contributed by atoms with Crippen LogP contribution in [0.25, 0.3) is 17.1 Å². The van der Waals surface area contributed by atoms with Gasteiger partial charge in [-0.15, -0.1) is 10.2 Å². The first-order valence-electron chi connectivity index (χ1n) is 10.2. The van der Waals surface area contributed by atoms with Crippen molar-refractivity contribution in [3.63, 3.8) is 0 Å². The Kier molecular flexibility index (Phi) is 6.87. The number of carbonyl (C=O) groups is 1. The Labute approximate surface area is 196 Å². The first kappa shape index (κ1) is 22.0. The van der Waals surface area contributed by atoms with Crippen LogP contribution in [0.15, 0.2) is 78.2 Å². The maximum Gasteiger partial charge on any atom is 0.237 e. The van der Waals surface area contributed by atoms with E-state index >= 15 is 0 Å². The van der Waals surface area contributed by atoms with Crippen molar-refractivity contribution in [2.75, 3.05) is 5.32 Å². The van der Waals surface area contributed by atoms with E-state index < -0.39 is 0 Å². The van der Waals surface area contributed by atoms with Crippen molar-refractivity contribution in [2.24, 2.45) is 0 Å². The zero-order chi connectivity index (χ0) is 22.5. The van der Waals surface area contributed by atoms with Crippen LogP contribution in [0.3, 0.4) is 0 Å². The van der Waals surface area contributed by atoms with E-state index in [1.54, 1.807) is 12.4 Å². The number of hydrogen-bond donors (Lipinski definition) is 1. The Hall–Kier alpha value is -3.16. The van der Waals surface area contributed by atoms with Crippen LogP contribution < -0.4 is 5.32 Å². The molecule has 0 saturated carbocycles. The first-order chi connectivity index (χ1) is 15.5. The van der Waals surface area contributed by atoms with Gasteiger partial charge in [0.1, 0.15) is 0 Å². The maximum absolute atomic E-state index is 12.8. The first-order valence-corrected chi connectivity index (χ1v) is 11.5. The summed E-state index contributed by atoms with van der Waals surface area (Å²) in [6.45, 7) is 3.96. The second-order valence-corrected chi connectivity index (χ2v) is 8.90. The van der Waals surface area contributed by atoms with Crippen molar-refractivity contribution >= 4 is 35.0 Å². The molecule has 162 valence electrons. The minimum Gasteiger partial charge on any atom is -0.325 e. The molecule has 0 aliphatic carbocycles. The van der Waals surface area contributed by atoms with Gasteiger partial charge in [-0.1, -0.05) is 42.4 Å². The number of halogens is 1. The molecule has 2 aromatic carbocycles. The van der Waals surface area contributed by atoms with Crippen LogP contribution in [0, 0.1) is 0 Å². The van der Waals surface area contributed by atoms with Crippen LogP contribution >= 0.6 is 23.4 Å². The molecule has 4 rings (SSSR count). The molecule has 0 fully saturated rings. The minimum atomic E-state index is -0.388. The molecule has 0 aliphatic heterocycles. The van der Waals surface area contributed by atoms with Crippen LogP contribution in [-0.4, -0.2) is 30.9 Å². The number of aromatic nitrogens is 4. The number of thioether (sulfide) groups is 1. The number of nitrogens with zero attached hydrogens (tertiary/aromatic N) is 4. The van der Waals surface area contributed by atoms with E-state index in [0.29, 0.717) is 16.0 Å². The molecule has 2 heterocycles. The Morgan fingerprint density at radius 3 is 2.38 bits per heavy atom. The summed E-state index contributed by atoms with van der Waals surface area (Å²) >= 11 is 7.43. The van der Waals surface area contributed by atoms with Crippen molar-refractivity contribution < 1.29 is 4.79 Å². The quantitative estimate of drug-likeness (QED) is 0.358. The third-order valence-electron chi connectivity index (χ3n) is 4.94. The van der Waals surface area contributed by atoms with Crippen LogP contribution in [-0.2, 0) is 11.2 Å². The number of nitrogens with one attached hydrogen (secondary N) is 1. The second kappa shape index (κ2) is 9.97. The summed E-state index contributed by atoms with van der Waals surface area (Å²) in [4.78, 5) is 16.9. The van der Waals surface area contributed by atoms with E-state index in [0.717, 1.165) is 23.4 Å². The number of benzene rings is 2. The molecule has 0 aliphatic rings. The minimum absolute atomic E-state index is 0.102. The molecule has 1 N–H and O–H groups in total. The van der Waals surface area contributed by atoms with Gasteiger partial charge in [0.15, 0.2) is 11.0 Å². The number of rotatable bonds is 7. The Morgan fingerprint density at radius 2 is 1.72 bits per heavy atom. The lowest BCUT2D eigenvalue weighted by molar-refractivity contribution is -0.115. The van der Waals surface area contributed by atoms with Gasteiger partial charge in [-0.05, 0) is 67.4 Å². The van der Waals surface area contributed by atoms with Crippen molar-refractivity contribution in [3.8, 4) is 17.1 Å². The summed E-state index contributed by atoms with van der Waals surface area (Å²) in [6, 6.07) is 19.1. The number of hydrogen-bond acceptors (Lipinski definition) is 5. The van der Waals surface area contributed by atoms with Crippen LogP contribution in [0.4, 0.5) is 5.69 Å². The molecule has 1 atom stereocenters. The lowest BCUT2D eigenvalue weighted by Gasteiger charge is -2.14. The molecule has 4 aromatic rings. The summed E-state index contributed by atoms with van der Waals surface area (Å²) in [7, 11) is 0. The highest BCUT2D eigenvalue weighted by atomic mass is 35.5. The van der Waals surface area contributed by atoms with E-state index in [4.69, 9.17) is 11.6 Å². The number of carbonyl (C=O) groups excluding carboxylic acids is 1. The van der Waals surface area contributed by atoms with E-state index in [9.17, 15) is 4.79 Å². The van der Waals surface area contributed by atoms with Crippen LogP contribution in [0.1, 0.15) is 19.4 Å². The third-order valence-corrected chi connectivity index (χ3v) is 6.23. The highest BCUT2D eigenvalue weighted by Crippen LogP contribution is 2.31. The number of aryl methyl sites for hydroxylation is 1. The van der Waals surface area contributed by atoms with Crippen molar-refractivity contribution in [2.45, 2.75) is 30.7 Å². The Morgan fingerprint density at radius 1 is 1.03 bits per heavy atom. The predicted molar refractivity (Wildman–Crippen MR) is 129 cm³/mol. The van der Waals surface area contributed by atoms with Crippen LogP contribution in [0.2, 0.25) is 5.02 Å². The van der Waals surface area contributed by atoms with Gasteiger partial charge in [-0.3, -0.25) is 14.3 Å². The van der Waals surface area contributed by atoms with Gasteiger partial charge >= 0.3 is 0 Å². The normalized spacial score (nSPS) is 11.8. The van der Waals surface area contributed by atoms with Gasteiger partial charge in [0, 0.05) is 34.4 Å². The summed E-state index contributed by atoms with van der Waals surface area (Å²) in [5.74, 6) is 0.565. The molecule has 0 radical (unpaired) electrons. The molecule has 8 heteroatoms. The molecule has 1 unspecified atom stereocenters.